The van der Waals surface area contributed by atoms with E-state index < -0.39 is 0 Å². The first-order valence-electron chi connectivity index (χ1n) is 14.2. The van der Waals surface area contributed by atoms with Gasteiger partial charge in [-0.15, -0.1) is 0 Å². The lowest BCUT2D eigenvalue weighted by Crippen LogP contribution is -2.57. The van der Waals surface area contributed by atoms with Gasteiger partial charge in [0.25, 0.3) is 0 Å². The molecule has 5 rings (SSSR count). The summed E-state index contributed by atoms with van der Waals surface area (Å²) in [5, 5.41) is 10.9. The van der Waals surface area contributed by atoms with Crippen LogP contribution in [0.3, 0.4) is 0 Å². The minimum Gasteiger partial charge on any atom is -0.393 e. The van der Waals surface area contributed by atoms with E-state index in [1.54, 1.807) is 0 Å². The lowest BCUT2D eigenvalue weighted by atomic mass is 9.41. The van der Waals surface area contributed by atoms with Gasteiger partial charge in [-0.25, -0.2) is 0 Å². The van der Waals surface area contributed by atoms with Gasteiger partial charge in [-0.1, -0.05) is 60.6 Å². The molecule has 2 spiro atoms. The lowest BCUT2D eigenvalue weighted by molar-refractivity contribution is -0.161. The van der Waals surface area contributed by atoms with Gasteiger partial charge in [0, 0.05) is 0 Å². The summed E-state index contributed by atoms with van der Waals surface area (Å²) in [6.45, 7) is 21.8. The molecular formula is C31H52O. The van der Waals surface area contributed by atoms with E-state index in [4.69, 9.17) is 0 Å². The van der Waals surface area contributed by atoms with Gasteiger partial charge in [-0.05, 0) is 127 Å². The van der Waals surface area contributed by atoms with Gasteiger partial charge < -0.3 is 5.11 Å². The highest BCUT2D eigenvalue weighted by Crippen LogP contribution is 2.89. The molecule has 5 aliphatic carbocycles. The maximum absolute atomic E-state index is 10.9. The van der Waals surface area contributed by atoms with Crippen LogP contribution < -0.4 is 0 Å². The van der Waals surface area contributed by atoms with Crippen LogP contribution in [0.2, 0.25) is 0 Å². The van der Waals surface area contributed by atoms with Crippen molar-refractivity contribution < 1.29 is 5.11 Å². The molecular weight excluding hydrogens is 388 g/mol. The average Bonchev–Trinajstić information content (AvgIpc) is 3.31. The first-order chi connectivity index (χ1) is 14.9. The number of fused-ring (bicyclic) bond motifs is 2. The predicted molar refractivity (Wildman–Crippen MR) is 135 cm³/mol. The molecule has 32 heavy (non-hydrogen) atoms. The Labute approximate surface area is 199 Å². The van der Waals surface area contributed by atoms with E-state index in [2.05, 4.69) is 55.0 Å². The normalized spacial score (nSPS) is 51.9. The summed E-state index contributed by atoms with van der Waals surface area (Å²) in [7, 11) is 0. The summed E-state index contributed by atoms with van der Waals surface area (Å²) in [5.74, 6) is 4.02. The Hall–Kier alpha value is -0.300. The summed E-state index contributed by atoms with van der Waals surface area (Å²) in [6, 6.07) is 0. The number of allylic oxidation sites excluding steroid dienone is 1. The van der Waals surface area contributed by atoms with Crippen LogP contribution >= 0.6 is 0 Å². The van der Waals surface area contributed by atoms with E-state index in [9.17, 15) is 5.11 Å². The number of hydrogen-bond acceptors (Lipinski definition) is 1. The molecule has 182 valence electrons. The monoisotopic (exact) mass is 440 g/mol. The second kappa shape index (κ2) is 7.11. The number of aliphatic hydroxyl groups excluding tert-OH is 1. The van der Waals surface area contributed by atoms with E-state index in [0.717, 1.165) is 30.1 Å². The van der Waals surface area contributed by atoms with Gasteiger partial charge in [0.2, 0.25) is 0 Å². The molecule has 0 aromatic rings. The van der Waals surface area contributed by atoms with Gasteiger partial charge in [0.05, 0.1) is 6.10 Å². The highest BCUT2D eigenvalue weighted by molar-refractivity contribution is 5.30. The molecule has 1 nitrogen and oxygen atoms in total. The summed E-state index contributed by atoms with van der Waals surface area (Å²) in [5.41, 5.74) is 3.79. The summed E-state index contributed by atoms with van der Waals surface area (Å²) in [6.07, 6.45) is 15.0. The van der Waals surface area contributed by atoms with Crippen molar-refractivity contribution in [2.45, 2.75) is 125 Å². The molecule has 0 aliphatic heterocycles. The first-order valence-corrected chi connectivity index (χ1v) is 14.2. The quantitative estimate of drug-likeness (QED) is 0.425. The maximum atomic E-state index is 10.9. The Kier molecular flexibility index (Phi) is 5.21. The van der Waals surface area contributed by atoms with Crippen LogP contribution in [-0.4, -0.2) is 11.2 Å². The zero-order valence-electron chi connectivity index (χ0n) is 22.4. The van der Waals surface area contributed by atoms with Crippen molar-refractivity contribution in [1.29, 1.82) is 0 Å². The molecule has 1 heteroatoms. The minimum absolute atomic E-state index is 0.0888. The van der Waals surface area contributed by atoms with Crippen LogP contribution in [-0.2, 0) is 0 Å². The summed E-state index contributed by atoms with van der Waals surface area (Å²) in [4.78, 5) is 0. The van der Waals surface area contributed by atoms with Gasteiger partial charge in [0.1, 0.15) is 0 Å². The van der Waals surface area contributed by atoms with Crippen LogP contribution in [0.1, 0.15) is 119 Å². The van der Waals surface area contributed by atoms with E-state index in [-0.39, 0.29) is 11.5 Å². The Morgan fingerprint density at radius 1 is 0.844 bits per heavy atom. The number of aliphatic hydroxyl groups is 1. The van der Waals surface area contributed by atoms with E-state index >= 15 is 0 Å². The summed E-state index contributed by atoms with van der Waals surface area (Å²) < 4.78 is 0. The van der Waals surface area contributed by atoms with Gasteiger partial charge in [-0.2, -0.15) is 0 Å². The molecule has 5 fully saturated rings. The molecule has 0 aromatic carbocycles. The fourth-order valence-corrected chi connectivity index (χ4v) is 11.2. The van der Waals surface area contributed by atoms with Crippen molar-refractivity contribution in [3.63, 3.8) is 0 Å². The number of hydrogen-bond donors (Lipinski definition) is 1. The van der Waals surface area contributed by atoms with Crippen molar-refractivity contribution in [3.8, 4) is 0 Å². The van der Waals surface area contributed by atoms with Crippen molar-refractivity contribution in [2.75, 3.05) is 0 Å². The molecule has 0 heterocycles. The first kappa shape index (κ1) is 23.4. The summed E-state index contributed by atoms with van der Waals surface area (Å²) >= 11 is 0. The number of rotatable bonds is 5. The molecule has 5 aliphatic rings. The third-order valence-electron chi connectivity index (χ3n) is 13.6. The third kappa shape index (κ3) is 2.73. The van der Waals surface area contributed by atoms with Crippen molar-refractivity contribution in [2.24, 2.45) is 56.7 Å². The van der Waals surface area contributed by atoms with E-state index in [0.29, 0.717) is 27.6 Å². The Morgan fingerprint density at radius 2 is 1.50 bits per heavy atom. The van der Waals surface area contributed by atoms with Crippen molar-refractivity contribution >= 4 is 0 Å². The maximum Gasteiger partial charge on any atom is 0.0594 e. The molecule has 0 bridgehead atoms. The Bertz CT molecular complexity index is 779. The molecule has 1 unspecified atom stereocenters. The van der Waals surface area contributed by atoms with Crippen LogP contribution in [0.25, 0.3) is 0 Å². The van der Waals surface area contributed by atoms with Gasteiger partial charge in [-0.3, -0.25) is 0 Å². The largest absolute Gasteiger partial charge is 0.393 e. The second-order valence-corrected chi connectivity index (χ2v) is 14.9. The minimum atomic E-state index is -0.0888. The van der Waals surface area contributed by atoms with Crippen LogP contribution in [0, 0.1) is 56.7 Å². The van der Waals surface area contributed by atoms with Crippen molar-refractivity contribution in [3.05, 3.63) is 12.2 Å². The predicted octanol–water partition coefficient (Wildman–Crippen LogP) is 8.41. The topological polar surface area (TPSA) is 20.2 Å². The SMILES string of the molecule is C=C(CCC(C)[C@H]1CC[C@@]2(C)[C@@H]3CC[C@H]4C(C)(C)[C@@H](O)CC[C@@]45C[C@@]35CC[C@]12C)C(C)C. The Balaban J connectivity index is 1.39. The van der Waals surface area contributed by atoms with Crippen molar-refractivity contribution in [1.82, 2.24) is 0 Å². The molecule has 0 saturated heterocycles. The highest BCUT2D eigenvalue weighted by atomic mass is 16.3. The zero-order valence-corrected chi connectivity index (χ0v) is 22.4. The molecule has 5 saturated carbocycles. The highest BCUT2D eigenvalue weighted by Gasteiger charge is 2.82. The molecule has 9 atom stereocenters. The fourth-order valence-electron chi connectivity index (χ4n) is 11.2. The fraction of sp³-hybridized carbons (Fsp3) is 0.935. The second-order valence-electron chi connectivity index (χ2n) is 14.9. The third-order valence-corrected chi connectivity index (χ3v) is 13.6. The Morgan fingerprint density at radius 3 is 2.19 bits per heavy atom. The van der Waals surface area contributed by atoms with Gasteiger partial charge in [0.15, 0.2) is 0 Å². The van der Waals surface area contributed by atoms with Crippen LogP contribution in [0.5, 0.6) is 0 Å². The molecule has 1 N–H and O–H groups in total. The molecule has 0 radical (unpaired) electrons. The van der Waals surface area contributed by atoms with E-state index in [1.807, 2.05) is 0 Å². The van der Waals surface area contributed by atoms with Crippen LogP contribution in [0.4, 0.5) is 0 Å². The van der Waals surface area contributed by atoms with Crippen LogP contribution in [0.15, 0.2) is 12.2 Å². The lowest BCUT2D eigenvalue weighted by Gasteiger charge is -2.63. The molecule has 0 amide bonds. The van der Waals surface area contributed by atoms with E-state index in [1.165, 1.54) is 69.8 Å². The smallest absolute Gasteiger partial charge is 0.0594 e. The average molecular weight is 441 g/mol. The molecule has 0 aromatic heterocycles. The zero-order chi connectivity index (χ0) is 23.3. The van der Waals surface area contributed by atoms with Gasteiger partial charge >= 0.3 is 0 Å². The standard InChI is InChI=1S/C31H52O/c1-20(2)21(3)9-10-22(4)23-13-15-29(8)25-12-11-24-27(5,6)26(32)14-16-30(24)19-31(25,30)18-17-28(23,29)7/h20,22-26,32H,3,9-19H2,1-2,4-8H3/t22?,23-,24+,25+,26+,28-,29+,30-,31+/m1/s1.